The first-order valence-electron chi connectivity index (χ1n) is 12.0. The second kappa shape index (κ2) is 11.7. The number of benzene rings is 1. The number of nitrogens with zero attached hydrogens (tertiary/aromatic N) is 4. The summed E-state index contributed by atoms with van der Waals surface area (Å²) in [5.74, 6) is -1.48. The summed E-state index contributed by atoms with van der Waals surface area (Å²) < 4.78 is 67.3. The van der Waals surface area contributed by atoms with E-state index >= 15 is 0 Å². The van der Waals surface area contributed by atoms with E-state index in [1.54, 1.807) is 0 Å². The number of anilines is 4. The first-order chi connectivity index (χ1) is 18.9. The number of amides is 2. The number of alkyl halides is 3. The number of hydrogen-bond acceptors (Lipinski definition) is 9. The molecule has 1 fully saturated rings. The van der Waals surface area contributed by atoms with Crippen molar-refractivity contribution in [2.24, 2.45) is 0 Å². The van der Waals surface area contributed by atoms with Gasteiger partial charge < -0.3 is 20.9 Å². The van der Waals surface area contributed by atoms with Gasteiger partial charge in [0.05, 0.1) is 12.3 Å². The highest BCUT2D eigenvalue weighted by molar-refractivity contribution is 7.92. The summed E-state index contributed by atoms with van der Waals surface area (Å²) in [4.78, 5) is 37.3. The van der Waals surface area contributed by atoms with Gasteiger partial charge in [-0.25, -0.2) is 18.4 Å². The number of rotatable bonds is 9. The van der Waals surface area contributed by atoms with Crippen molar-refractivity contribution in [2.45, 2.75) is 19.6 Å². The lowest BCUT2D eigenvalue weighted by Gasteiger charge is -2.26. The Morgan fingerprint density at radius 1 is 1.12 bits per heavy atom. The number of carbonyl (C=O) groups excluding carboxylic acids is 2. The molecule has 0 aliphatic carbocycles. The van der Waals surface area contributed by atoms with Crippen molar-refractivity contribution >= 4 is 45.1 Å². The van der Waals surface area contributed by atoms with E-state index in [2.05, 4.69) is 35.6 Å². The highest BCUT2D eigenvalue weighted by Gasteiger charge is 2.35. The standard InChI is InChI=1S/C24H25F3N8O4S/c1-2-40(38,39)34-20-16(4-3-9-29-20)12-30-21-18(24(25,26)27)13-31-23(33-21)32-17-7-5-15(6-8-17)22(37)35-11-10-28-19(36)14-35/h3-9,13H,2,10-12,14H2,1H3,(H,28,36)(H,29,34)(H2,30,31,32,33). The Kier molecular flexibility index (Phi) is 8.37. The minimum absolute atomic E-state index is 0.0161. The van der Waals surface area contributed by atoms with Crippen molar-refractivity contribution in [1.82, 2.24) is 25.2 Å². The van der Waals surface area contributed by atoms with Crippen LogP contribution < -0.4 is 20.7 Å². The fraction of sp³-hybridized carbons (Fsp3) is 0.292. The molecule has 0 spiro atoms. The van der Waals surface area contributed by atoms with Crippen molar-refractivity contribution in [1.29, 1.82) is 0 Å². The van der Waals surface area contributed by atoms with E-state index in [0.29, 0.717) is 36.1 Å². The summed E-state index contributed by atoms with van der Waals surface area (Å²) in [6, 6.07) is 9.14. The molecule has 2 aromatic heterocycles. The molecule has 40 heavy (non-hydrogen) atoms. The molecule has 12 nitrogen and oxygen atoms in total. The summed E-state index contributed by atoms with van der Waals surface area (Å²) in [6.45, 7) is 1.92. The van der Waals surface area contributed by atoms with Crippen LogP contribution in [-0.4, -0.2) is 65.5 Å². The van der Waals surface area contributed by atoms with Gasteiger partial charge in [-0.1, -0.05) is 6.07 Å². The summed E-state index contributed by atoms with van der Waals surface area (Å²) in [6.07, 6.45) is -2.79. The molecular formula is C24H25F3N8O4S. The molecule has 0 atom stereocenters. The van der Waals surface area contributed by atoms with Crippen LogP contribution in [0.2, 0.25) is 0 Å². The van der Waals surface area contributed by atoms with Crippen molar-refractivity contribution in [3.8, 4) is 0 Å². The Labute approximate surface area is 227 Å². The lowest BCUT2D eigenvalue weighted by Crippen LogP contribution is -2.49. The zero-order valence-corrected chi connectivity index (χ0v) is 21.9. The molecule has 2 amide bonds. The third-order valence-corrected chi connectivity index (χ3v) is 7.04. The topological polar surface area (TPSA) is 158 Å². The van der Waals surface area contributed by atoms with E-state index in [4.69, 9.17) is 0 Å². The second-order valence-electron chi connectivity index (χ2n) is 8.60. The van der Waals surface area contributed by atoms with E-state index < -0.39 is 27.6 Å². The zero-order valence-electron chi connectivity index (χ0n) is 21.1. The van der Waals surface area contributed by atoms with Gasteiger partial charge in [-0.05, 0) is 37.3 Å². The number of carbonyl (C=O) groups is 2. The number of pyridine rings is 1. The van der Waals surface area contributed by atoms with Gasteiger partial charge in [0.1, 0.15) is 17.2 Å². The molecule has 1 aliphatic heterocycles. The van der Waals surface area contributed by atoms with Crippen LogP contribution in [0.3, 0.4) is 0 Å². The van der Waals surface area contributed by atoms with Crippen molar-refractivity contribution in [3.05, 3.63) is 65.5 Å². The Morgan fingerprint density at radius 3 is 2.55 bits per heavy atom. The smallest absolute Gasteiger partial charge is 0.365 e. The third-order valence-electron chi connectivity index (χ3n) is 5.78. The Balaban J connectivity index is 1.51. The first kappa shape index (κ1) is 28.5. The first-order valence-corrected chi connectivity index (χ1v) is 13.7. The van der Waals surface area contributed by atoms with Crippen LogP contribution in [0.4, 0.5) is 36.4 Å². The Morgan fingerprint density at radius 2 is 1.88 bits per heavy atom. The maximum absolute atomic E-state index is 13.7. The maximum atomic E-state index is 13.7. The average molecular weight is 579 g/mol. The van der Waals surface area contributed by atoms with E-state index in [1.165, 1.54) is 54.4 Å². The summed E-state index contributed by atoms with van der Waals surface area (Å²) in [5, 5.41) is 8.05. The predicted octanol–water partition coefficient (Wildman–Crippen LogP) is 2.58. The lowest BCUT2D eigenvalue weighted by molar-refractivity contribution is -0.137. The number of aromatic nitrogens is 3. The predicted molar refractivity (Wildman–Crippen MR) is 140 cm³/mol. The second-order valence-corrected chi connectivity index (χ2v) is 10.6. The van der Waals surface area contributed by atoms with Gasteiger partial charge in [-0.15, -0.1) is 0 Å². The number of hydrogen-bond donors (Lipinski definition) is 4. The average Bonchev–Trinajstić information content (AvgIpc) is 2.92. The molecule has 0 unspecified atom stereocenters. The molecule has 0 radical (unpaired) electrons. The van der Waals surface area contributed by atoms with Crippen molar-refractivity contribution < 1.29 is 31.2 Å². The van der Waals surface area contributed by atoms with Gasteiger partial charge in [-0.2, -0.15) is 18.2 Å². The van der Waals surface area contributed by atoms with Gasteiger partial charge in [-0.3, -0.25) is 14.3 Å². The van der Waals surface area contributed by atoms with Gasteiger partial charge >= 0.3 is 6.18 Å². The largest absolute Gasteiger partial charge is 0.421 e. The van der Waals surface area contributed by atoms with Crippen LogP contribution in [0.15, 0.2) is 48.8 Å². The van der Waals surface area contributed by atoms with Crippen LogP contribution in [0.25, 0.3) is 0 Å². The molecule has 3 heterocycles. The zero-order chi connectivity index (χ0) is 28.9. The van der Waals surface area contributed by atoms with Gasteiger partial charge in [0.2, 0.25) is 21.9 Å². The van der Waals surface area contributed by atoms with Crippen LogP contribution in [0, 0.1) is 0 Å². The molecule has 0 bridgehead atoms. The third kappa shape index (κ3) is 7.13. The van der Waals surface area contributed by atoms with Crippen LogP contribution in [-0.2, 0) is 27.5 Å². The van der Waals surface area contributed by atoms with Gasteiger partial charge in [0.25, 0.3) is 5.91 Å². The number of nitrogens with one attached hydrogen (secondary N) is 4. The number of halogens is 3. The SMILES string of the molecule is CCS(=O)(=O)Nc1ncccc1CNc1nc(Nc2ccc(C(=O)N3CCNC(=O)C3)cc2)ncc1C(F)(F)F. The van der Waals surface area contributed by atoms with Gasteiger partial charge in [0.15, 0.2) is 0 Å². The van der Waals surface area contributed by atoms with Crippen molar-refractivity contribution in [3.63, 3.8) is 0 Å². The highest BCUT2D eigenvalue weighted by atomic mass is 32.2. The summed E-state index contributed by atoms with van der Waals surface area (Å²) in [7, 11) is -3.67. The molecule has 1 aromatic carbocycles. The molecular weight excluding hydrogens is 553 g/mol. The number of sulfonamides is 1. The Bertz CT molecular complexity index is 1500. The molecule has 3 aromatic rings. The Hall–Kier alpha value is -4.47. The van der Waals surface area contributed by atoms with E-state index in [9.17, 15) is 31.2 Å². The fourth-order valence-corrected chi connectivity index (χ4v) is 4.30. The molecule has 212 valence electrons. The quantitative estimate of drug-likeness (QED) is 0.299. The van der Waals surface area contributed by atoms with E-state index in [1.807, 2.05) is 0 Å². The minimum Gasteiger partial charge on any atom is -0.365 e. The molecule has 1 aliphatic rings. The molecule has 16 heteroatoms. The maximum Gasteiger partial charge on any atom is 0.421 e. The molecule has 1 saturated heterocycles. The van der Waals surface area contributed by atoms with E-state index in [0.717, 1.165) is 0 Å². The fourth-order valence-electron chi connectivity index (χ4n) is 3.68. The minimum atomic E-state index is -4.77. The number of piperazine rings is 1. The van der Waals surface area contributed by atoms with Gasteiger partial charge in [0, 0.05) is 48.8 Å². The van der Waals surface area contributed by atoms with E-state index in [-0.39, 0.29) is 42.4 Å². The van der Waals surface area contributed by atoms with Crippen LogP contribution in [0.1, 0.15) is 28.4 Å². The summed E-state index contributed by atoms with van der Waals surface area (Å²) in [5.41, 5.74) is -0.0829. The molecule has 4 rings (SSSR count). The van der Waals surface area contributed by atoms with Crippen LogP contribution >= 0.6 is 0 Å². The molecule has 0 saturated carbocycles. The highest BCUT2D eigenvalue weighted by Crippen LogP contribution is 2.34. The van der Waals surface area contributed by atoms with Crippen molar-refractivity contribution in [2.75, 3.05) is 40.7 Å². The van der Waals surface area contributed by atoms with Crippen LogP contribution in [0.5, 0.6) is 0 Å². The summed E-state index contributed by atoms with van der Waals surface area (Å²) >= 11 is 0. The molecule has 4 N–H and O–H groups in total. The lowest BCUT2D eigenvalue weighted by atomic mass is 10.1. The normalized spacial score (nSPS) is 13.9. The monoisotopic (exact) mass is 578 g/mol.